The van der Waals surface area contributed by atoms with Gasteiger partial charge in [-0.2, -0.15) is 0 Å². The highest BCUT2D eigenvalue weighted by molar-refractivity contribution is 6.33. The summed E-state index contributed by atoms with van der Waals surface area (Å²) in [5, 5.41) is 0.557. The highest BCUT2D eigenvalue weighted by Gasteiger charge is 2.15. The molecule has 1 aromatic carbocycles. The molecule has 0 spiro atoms. The molecule has 1 aromatic rings. The number of hydrogen-bond acceptors (Lipinski definition) is 2. The van der Waals surface area contributed by atoms with Crippen molar-refractivity contribution in [3.8, 4) is 0 Å². The molecule has 1 unspecified atom stereocenters. The Morgan fingerprint density at radius 3 is 2.55 bits per heavy atom. The van der Waals surface area contributed by atoms with Gasteiger partial charge in [-0.05, 0) is 38.4 Å². The van der Waals surface area contributed by atoms with Crippen LogP contribution in [0, 0.1) is 0 Å². The second kappa shape index (κ2) is 9.15. The first-order chi connectivity index (χ1) is 9.60. The summed E-state index contributed by atoms with van der Waals surface area (Å²) < 4.78 is 0. The zero-order valence-electron chi connectivity index (χ0n) is 12.9. The molecule has 0 aliphatic rings. The van der Waals surface area contributed by atoms with Crippen molar-refractivity contribution >= 4 is 17.4 Å². The third-order valence-electron chi connectivity index (χ3n) is 3.81. The number of hydrogen-bond donors (Lipinski definition) is 0. The number of ketones is 1. The Bertz CT molecular complexity index is 419. The number of carbonyl (C=O) groups is 1. The lowest BCUT2D eigenvalue weighted by Crippen LogP contribution is -2.35. The lowest BCUT2D eigenvalue weighted by atomic mass is 10.1. The average molecular weight is 296 g/mol. The molecular weight excluding hydrogens is 270 g/mol. The van der Waals surface area contributed by atoms with E-state index in [-0.39, 0.29) is 5.78 Å². The van der Waals surface area contributed by atoms with Gasteiger partial charge >= 0.3 is 0 Å². The topological polar surface area (TPSA) is 20.3 Å². The number of unbranched alkanes of at least 4 members (excludes halogenated alkanes) is 1. The molecule has 20 heavy (non-hydrogen) atoms. The van der Waals surface area contributed by atoms with E-state index >= 15 is 0 Å². The van der Waals surface area contributed by atoms with Crippen LogP contribution in [-0.2, 0) is 0 Å². The Morgan fingerprint density at radius 2 is 1.95 bits per heavy atom. The molecule has 0 bridgehead atoms. The molecule has 0 aliphatic carbocycles. The monoisotopic (exact) mass is 295 g/mol. The van der Waals surface area contributed by atoms with Gasteiger partial charge in [0.2, 0.25) is 0 Å². The Kier molecular flexibility index (Phi) is 7.86. The van der Waals surface area contributed by atoms with Crippen molar-refractivity contribution in [2.24, 2.45) is 0 Å². The Labute approximate surface area is 128 Å². The maximum Gasteiger partial charge on any atom is 0.165 e. The van der Waals surface area contributed by atoms with Crippen LogP contribution < -0.4 is 0 Å². The standard InChI is InChI=1S/C17H26ClNO/c1-4-6-12-19(14(3)5-2)13-11-17(20)15-9-7-8-10-16(15)18/h7-10,14H,4-6,11-13H2,1-3H3. The smallest absolute Gasteiger partial charge is 0.165 e. The van der Waals surface area contributed by atoms with E-state index in [1.54, 1.807) is 6.07 Å². The summed E-state index contributed by atoms with van der Waals surface area (Å²) in [7, 11) is 0. The Morgan fingerprint density at radius 1 is 1.25 bits per heavy atom. The van der Waals surface area contributed by atoms with Gasteiger partial charge in [0.1, 0.15) is 0 Å². The van der Waals surface area contributed by atoms with Crippen LogP contribution in [0.3, 0.4) is 0 Å². The number of halogens is 1. The van der Waals surface area contributed by atoms with Gasteiger partial charge in [-0.1, -0.05) is 44.0 Å². The van der Waals surface area contributed by atoms with Gasteiger partial charge in [0.25, 0.3) is 0 Å². The van der Waals surface area contributed by atoms with Crippen molar-refractivity contribution in [3.63, 3.8) is 0 Å². The maximum atomic E-state index is 12.2. The average Bonchev–Trinajstić information content (AvgIpc) is 2.46. The fourth-order valence-corrected chi connectivity index (χ4v) is 2.48. The second-order valence-electron chi connectivity index (χ2n) is 5.30. The van der Waals surface area contributed by atoms with Crippen molar-refractivity contribution in [2.45, 2.75) is 52.5 Å². The minimum Gasteiger partial charge on any atom is -0.300 e. The molecule has 1 atom stereocenters. The first-order valence-electron chi connectivity index (χ1n) is 7.61. The van der Waals surface area contributed by atoms with Gasteiger partial charge in [0.15, 0.2) is 5.78 Å². The van der Waals surface area contributed by atoms with E-state index in [0.29, 0.717) is 23.0 Å². The van der Waals surface area contributed by atoms with E-state index in [9.17, 15) is 4.79 Å². The zero-order valence-corrected chi connectivity index (χ0v) is 13.6. The van der Waals surface area contributed by atoms with Crippen molar-refractivity contribution in [2.75, 3.05) is 13.1 Å². The van der Waals surface area contributed by atoms with Crippen LogP contribution in [0.4, 0.5) is 0 Å². The van der Waals surface area contributed by atoms with Gasteiger partial charge < -0.3 is 4.90 Å². The zero-order chi connectivity index (χ0) is 15.0. The summed E-state index contributed by atoms with van der Waals surface area (Å²) in [6, 6.07) is 7.83. The van der Waals surface area contributed by atoms with E-state index in [1.165, 1.54) is 12.8 Å². The molecule has 0 saturated carbocycles. The summed E-state index contributed by atoms with van der Waals surface area (Å²) in [5.41, 5.74) is 0.647. The molecule has 0 amide bonds. The van der Waals surface area contributed by atoms with Crippen molar-refractivity contribution in [3.05, 3.63) is 34.9 Å². The van der Waals surface area contributed by atoms with Crippen molar-refractivity contribution in [1.82, 2.24) is 4.90 Å². The quantitative estimate of drug-likeness (QED) is 0.609. The Balaban J connectivity index is 2.58. The van der Waals surface area contributed by atoms with E-state index in [1.807, 2.05) is 18.2 Å². The minimum atomic E-state index is 0.139. The molecule has 0 aliphatic heterocycles. The van der Waals surface area contributed by atoms with Crippen LogP contribution in [0.25, 0.3) is 0 Å². The van der Waals surface area contributed by atoms with Gasteiger partial charge in [0.05, 0.1) is 5.02 Å². The van der Waals surface area contributed by atoms with Crippen LogP contribution in [0.2, 0.25) is 5.02 Å². The van der Waals surface area contributed by atoms with E-state index < -0.39 is 0 Å². The molecule has 0 N–H and O–H groups in total. The van der Waals surface area contributed by atoms with Gasteiger partial charge in [0, 0.05) is 24.6 Å². The fraction of sp³-hybridized carbons (Fsp3) is 0.588. The van der Waals surface area contributed by atoms with Crippen LogP contribution in [0.1, 0.15) is 56.8 Å². The SMILES string of the molecule is CCCCN(CCC(=O)c1ccccc1Cl)C(C)CC. The van der Waals surface area contributed by atoms with Crippen LogP contribution >= 0.6 is 11.6 Å². The molecule has 3 heteroatoms. The highest BCUT2D eigenvalue weighted by atomic mass is 35.5. The van der Waals surface area contributed by atoms with Crippen LogP contribution in [0.15, 0.2) is 24.3 Å². The van der Waals surface area contributed by atoms with E-state index in [2.05, 4.69) is 25.7 Å². The molecular formula is C17H26ClNO. The number of rotatable bonds is 9. The van der Waals surface area contributed by atoms with Crippen LogP contribution in [0.5, 0.6) is 0 Å². The van der Waals surface area contributed by atoms with E-state index in [0.717, 1.165) is 19.5 Å². The maximum absolute atomic E-state index is 12.2. The first kappa shape index (κ1) is 17.2. The molecule has 112 valence electrons. The largest absolute Gasteiger partial charge is 0.300 e. The second-order valence-corrected chi connectivity index (χ2v) is 5.71. The van der Waals surface area contributed by atoms with Crippen molar-refractivity contribution in [1.29, 1.82) is 0 Å². The summed E-state index contributed by atoms with van der Waals surface area (Å²) in [6.07, 6.45) is 4.03. The van der Waals surface area contributed by atoms with E-state index in [4.69, 9.17) is 11.6 Å². The number of carbonyl (C=O) groups excluding carboxylic acids is 1. The summed E-state index contributed by atoms with van der Waals surface area (Å²) >= 11 is 6.07. The molecule has 0 fully saturated rings. The Hall–Kier alpha value is -0.860. The van der Waals surface area contributed by atoms with Crippen LogP contribution in [-0.4, -0.2) is 29.8 Å². The molecule has 0 radical (unpaired) electrons. The molecule has 0 aromatic heterocycles. The number of nitrogens with zero attached hydrogens (tertiary/aromatic N) is 1. The third kappa shape index (κ3) is 5.26. The summed E-state index contributed by atoms with van der Waals surface area (Å²) in [6.45, 7) is 8.51. The number of benzene rings is 1. The molecule has 0 heterocycles. The highest BCUT2D eigenvalue weighted by Crippen LogP contribution is 2.17. The predicted molar refractivity (Wildman–Crippen MR) is 86.6 cm³/mol. The lowest BCUT2D eigenvalue weighted by Gasteiger charge is -2.28. The van der Waals surface area contributed by atoms with Crippen molar-refractivity contribution < 1.29 is 4.79 Å². The number of Topliss-reactive ketones (excluding diaryl/α,β-unsaturated/α-hetero) is 1. The lowest BCUT2D eigenvalue weighted by molar-refractivity contribution is 0.0951. The fourth-order valence-electron chi connectivity index (χ4n) is 2.24. The minimum absolute atomic E-state index is 0.139. The molecule has 0 saturated heterocycles. The predicted octanol–water partition coefficient (Wildman–Crippen LogP) is 4.81. The van der Waals surface area contributed by atoms with Gasteiger partial charge in [-0.3, -0.25) is 4.79 Å². The first-order valence-corrected chi connectivity index (χ1v) is 7.99. The normalized spacial score (nSPS) is 12.7. The molecule has 1 rings (SSSR count). The summed E-state index contributed by atoms with van der Waals surface area (Å²) in [4.78, 5) is 14.7. The third-order valence-corrected chi connectivity index (χ3v) is 4.14. The van der Waals surface area contributed by atoms with Gasteiger partial charge in [-0.25, -0.2) is 0 Å². The van der Waals surface area contributed by atoms with Gasteiger partial charge in [-0.15, -0.1) is 0 Å². The summed E-state index contributed by atoms with van der Waals surface area (Å²) in [5.74, 6) is 0.139. The molecule has 2 nitrogen and oxygen atoms in total.